The van der Waals surface area contributed by atoms with Gasteiger partial charge in [-0.3, -0.25) is 0 Å². The van der Waals surface area contributed by atoms with Gasteiger partial charge in [0.2, 0.25) is 0 Å². The number of benzene rings is 1. The van der Waals surface area contributed by atoms with Crippen molar-refractivity contribution in [1.82, 2.24) is 0 Å². The van der Waals surface area contributed by atoms with Crippen LogP contribution in [0.1, 0.15) is 54.7 Å². The molecular weight excluding hydrogens is 295 g/mol. The summed E-state index contributed by atoms with van der Waals surface area (Å²) in [6.07, 6.45) is 7.10. The Kier molecular flexibility index (Phi) is 3.70. The molecule has 1 aliphatic rings. The van der Waals surface area contributed by atoms with Gasteiger partial charge < -0.3 is 0 Å². The lowest BCUT2D eigenvalue weighted by molar-refractivity contribution is 0.443. The second-order valence-electron chi connectivity index (χ2n) is 4.78. The van der Waals surface area contributed by atoms with E-state index in [0.29, 0.717) is 0 Å². The molecule has 0 aliphatic heterocycles. The van der Waals surface area contributed by atoms with Gasteiger partial charge in [0.05, 0.1) is 0 Å². The van der Waals surface area contributed by atoms with E-state index in [9.17, 15) is 0 Å². The van der Waals surface area contributed by atoms with Crippen molar-refractivity contribution in [3.63, 3.8) is 0 Å². The van der Waals surface area contributed by atoms with E-state index in [1.807, 2.05) is 0 Å². The average Bonchev–Trinajstić information content (AvgIpc) is 2.26. The largest absolute Gasteiger partial charge is 0.0555 e. The maximum absolute atomic E-state index is 2.47. The van der Waals surface area contributed by atoms with Gasteiger partial charge in [0.15, 0.2) is 0 Å². The Labute approximate surface area is 107 Å². The SMILES string of the molecule is Cc1cc(C2CCCCC2)cc(I)c1C. The predicted molar refractivity (Wildman–Crippen MR) is 74.5 cm³/mol. The summed E-state index contributed by atoms with van der Waals surface area (Å²) < 4.78 is 1.44. The molecule has 15 heavy (non-hydrogen) atoms. The summed E-state index contributed by atoms with van der Waals surface area (Å²) in [6, 6.07) is 4.81. The number of rotatable bonds is 1. The van der Waals surface area contributed by atoms with Gasteiger partial charge in [-0.25, -0.2) is 0 Å². The van der Waals surface area contributed by atoms with Crippen LogP contribution < -0.4 is 0 Å². The van der Waals surface area contributed by atoms with Gasteiger partial charge in [0.25, 0.3) is 0 Å². The minimum Gasteiger partial charge on any atom is -0.0555 e. The molecule has 1 saturated carbocycles. The summed E-state index contributed by atoms with van der Waals surface area (Å²) in [4.78, 5) is 0. The van der Waals surface area contributed by atoms with Gasteiger partial charge >= 0.3 is 0 Å². The molecule has 1 heteroatoms. The Morgan fingerprint density at radius 1 is 1.07 bits per heavy atom. The lowest BCUT2D eigenvalue weighted by Crippen LogP contribution is -2.05. The highest BCUT2D eigenvalue weighted by Crippen LogP contribution is 2.34. The highest BCUT2D eigenvalue weighted by Gasteiger charge is 2.16. The maximum Gasteiger partial charge on any atom is 0.0165 e. The molecule has 0 aromatic heterocycles. The van der Waals surface area contributed by atoms with Crippen LogP contribution in [0.2, 0.25) is 0 Å². The Morgan fingerprint density at radius 2 is 1.73 bits per heavy atom. The summed E-state index contributed by atoms with van der Waals surface area (Å²) in [5.41, 5.74) is 4.50. The smallest absolute Gasteiger partial charge is 0.0165 e. The van der Waals surface area contributed by atoms with Gasteiger partial charge in [-0.1, -0.05) is 25.3 Å². The summed E-state index contributed by atoms with van der Waals surface area (Å²) in [5, 5.41) is 0. The summed E-state index contributed by atoms with van der Waals surface area (Å²) in [7, 11) is 0. The quantitative estimate of drug-likeness (QED) is 0.643. The van der Waals surface area contributed by atoms with Crippen LogP contribution in [0, 0.1) is 17.4 Å². The molecule has 0 bridgehead atoms. The van der Waals surface area contributed by atoms with Gasteiger partial charge in [-0.05, 0) is 78.0 Å². The van der Waals surface area contributed by atoms with E-state index in [1.165, 1.54) is 46.8 Å². The van der Waals surface area contributed by atoms with Crippen molar-refractivity contribution in [3.05, 3.63) is 32.4 Å². The van der Waals surface area contributed by atoms with Crippen molar-refractivity contribution in [2.24, 2.45) is 0 Å². The highest BCUT2D eigenvalue weighted by molar-refractivity contribution is 14.1. The van der Waals surface area contributed by atoms with E-state index in [4.69, 9.17) is 0 Å². The van der Waals surface area contributed by atoms with Crippen molar-refractivity contribution in [1.29, 1.82) is 0 Å². The molecule has 0 unspecified atom stereocenters. The Morgan fingerprint density at radius 3 is 2.33 bits per heavy atom. The topological polar surface area (TPSA) is 0 Å². The molecular formula is C14H19I. The van der Waals surface area contributed by atoms with Crippen LogP contribution in [0.15, 0.2) is 12.1 Å². The fraction of sp³-hybridized carbons (Fsp3) is 0.571. The molecule has 82 valence electrons. The highest BCUT2D eigenvalue weighted by atomic mass is 127. The molecule has 1 aliphatic carbocycles. The predicted octanol–water partition coefficient (Wildman–Crippen LogP) is 4.96. The summed E-state index contributed by atoms with van der Waals surface area (Å²) >= 11 is 2.47. The number of hydrogen-bond acceptors (Lipinski definition) is 0. The van der Waals surface area contributed by atoms with E-state index in [0.717, 1.165) is 5.92 Å². The molecule has 2 rings (SSSR count). The molecule has 0 radical (unpaired) electrons. The molecule has 1 aromatic carbocycles. The van der Waals surface area contributed by atoms with Crippen molar-refractivity contribution in [2.75, 3.05) is 0 Å². The van der Waals surface area contributed by atoms with Crippen molar-refractivity contribution in [2.45, 2.75) is 51.9 Å². The third-order valence-electron chi connectivity index (χ3n) is 3.70. The van der Waals surface area contributed by atoms with Crippen LogP contribution in [0.5, 0.6) is 0 Å². The molecule has 1 aromatic rings. The number of aryl methyl sites for hydroxylation is 1. The summed E-state index contributed by atoms with van der Waals surface area (Å²) in [6.45, 7) is 4.46. The first kappa shape index (κ1) is 11.4. The van der Waals surface area contributed by atoms with Gasteiger partial charge in [0, 0.05) is 3.57 Å². The fourth-order valence-electron chi connectivity index (χ4n) is 2.51. The minimum atomic E-state index is 0.839. The van der Waals surface area contributed by atoms with Crippen molar-refractivity contribution < 1.29 is 0 Å². The number of halogens is 1. The zero-order valence-corrected chi connectivity index (χ0v) is 11.8. The lowest BCUT2D eigenvalue weighted by Gasteiger charge is -2.23. The van der Waals surface area contributed by atoms with Gasteiger partial charge in [-0.15, -0.1) is 0 Å². The third kappa shape index (κ3) is 2.55. The first-order valence-corrected chi connectivity index (χ1v) is 7.03. The van der Waals surface area contributed by atoms with Crippen LogP contribution >= 0.6 is 22.6 Å². The molecule has 0 N–H and O–H groups in total. The molecule has 0 nitrogen and oxygen atoms in total. The van der Waals surface area contributed by atoms with Crippen molar-refractivity contribution >= 4 is 22.6 Å². The first-order chi connectivity index (χ1) is 7.18. The fourth-order valence-corrected chi connectivity index (χ4v) is 3.30. The molecule has 0 atom stereocenters. The van der Waals surface area contributed by atoms with E-state index >= 15 is 0 Å². The van der Waals surface area contributed by atoms with Crippen LogP contribution in [-0.4, -0.2) is 0 Å². The Bertz CT molecular complexity index is 325. The normalized spacial score (nSPS) is 18.1. The van der Waals surface area contributed by atoms with E-state index in [1.54, 1.807) is 5.56 Å². The maximum atomic E-state index is 2.47. The second-order valence-corrected chi connectivity index (χ2v) is 5.94. The standard InChI is InChI=1S/C14H19I/c1-10-8-13(9-14(15)11(10)2)12-6-4-3-5-7-12/h8-9,12H,3-7H2,1-2H3. The second kappa shape index (κ2) is 4.86. The zero-order valence-electron chi connectivity index (χ0n) is 9.65. The van der Waals surface area contributed by atoms with Crippen LogP contribution in [-0.2, 0) is 0 Å². The first-order valence-electron chi connectivity index (χ1n) is 5.95. The lowest BCUT2D eigenvalue weighted by atomic mass is 9.83. The molecule has 0 spiro atoms. The van der Waals surface area contributed by atoms with E-state index in [2.05, 4.69) is 48.6 Å². The zero-order chi connectivity index (χ0) is 10.8. The van der Waals surface area contributed by atoms with Crippen LogP contribution in [0.3, 0.4) is 0 Å². The molecule has 0 amide bonds. The van der Waals surface area contributed by atoms with E-state index < -0.39 is 0 Å². The van der Waals surface area contributed by atoms with E-state index in [-0.39, 0.29) is 0 Å². The molecule has 0 saturated heterocycles. The third-order valence-corrected chi connectivity index (χ3v) is 4.82. The average molecular weight is 314 g/mol. The Hall–Kier alpha value is -0.0500. The molecule has 0 heterocycles. The van der Waals surface area contributed by atoms with Gasteiger partial charge in [0.1, 0.15) is 0 Å². The van der Waals surface area contributed by atoms with Crippen LogP contribution in [0.4, 0.5) is 0 Å². The number of hydrogen-bond donors (Lipinski definition) is 0. The van der Waals surface area contributed by atoms with Crippen molar-refractivity contribution in [3.8, 4) is 0 Å². The minimum absolute atomic E-state index is 0.839. The van der Waals surface area contributed by atoms with Gasteiger partial charge in [-0.2, -0.15) is 0 Å². The monoisotopic (exact) mass is 314 g/mol. The Balaban J connectivity index is 2.27. The van der Waals surface area contributed by atoms with Crippen LogP contribution in [0.25, 0.3) is 0 Å². The molecule has 1 fully saturated rings. The summed E-state index contributed by atoms with van der Waals surface area (Å²) in [5.74, 6) is 0.839.